The fourth-order valence-electron chi connectivity index (χ4n) is 2.27. The number of amides is 1. The van der Waals surface area contributed by atoms with Gasteiger partial charge in [0.1, 0.15) is 0 Å². The quantitative estimate of drug-likeness (QED) is 0.727. The van der Waals surface area contributed by atoms with Crippen molar-refractivity contribution >= 4 is 11.9 Å². The molecule has 0 aromatic rings. The molecule has 0 aliphatic heterocycles. The average Bonchev–Trinajstić information content (AvgIpc) is 2.96. The van der Waals surface area contributed by atoms with E-state index < -0.39 is 11.9 Å². The van der Waals surface area contributed by atoms with Crippen LogP contribution in [0.1, 0.15) is 26.7 Å². The molecule has 2 saturated carbocycles. The van der Waals surface area contributed by atoms with Gasteiger partial charge < -0.3 is 10.4 Å². The molecule has 2 aliphatic rings. The number of nitrogens with one attached hydrogen (secondary N) is 1. The molecule has 0 saturated heterocycles. The number of hydrogen-bond donors (Lipinski definition) is 2. The molecule has 5 atom stereocenters. The van der Waals surface area contributed by atoms with E-state index in [1.54, 1.807) is 0 Å². The zero-order valence-corrected chi connectivity index (χ0v) is 9.06. The first-order chi connectivity index (χ1) is 7.00. The van der Waals surface area contributed by atoms with Crippen molar-refractivity contribution in [3.05, 3.63) is 0 Å². The number of carboxylic acids is 1. The molecule has 0 aromatic carbocycles. The molecule has 0 spiro atoms. The van der Waals surface area contributed by atoms with Crippen molar-refractivity contribution in [1.82, 2.24) is 5.32 Å². The number of aliphatic carboxylic acids is 1. The molecule has 5 unspecified atom stereocenters. The van der Waals surface area contributed by atoms with Crippen molar-refractivity contribution in [3.8, 4) is 0 Å². The standard InChI is InChI=1S/C11H17NO3/c1-5-3-9(6(5)2)12-10(13)7-4-8(7)11(14)15/h5-9H,3-4H2,1-2H3,(H,12,13)(H,14,15). The van der Waals surface area contributed by atoms with E-state index in [0.29, 0.717) is 18.3 Å². The van der Waals surface area contributed by atoms with Crippen LogP contribution in [0, 0.1) is 23.7 Å². The second kappa shape index (κ2) is 3.51. The Morgan fingerprint density at radius 2 is 1.87 bits per heavy atom. The van der Waals surface area contributed by atoms with Gasteiger partial charge in [-0.05, 0) is 24.7 Å². The molecule has 0 heterocycles. The van der Waals surface area contributed by atoms with Crippen LogP contribution in [-0.2, 0) is 9.59 Å². The smallest absolute Gasteiger partial charge is 0.307 e. The Balaban J connectivity index is 1.78. The van der Waals surface area contributed by atoms with Gasteiger partial charge in [0.15, 0.2) is 0 Å². The van der Waals surface area contributed by atoms with E-state index in [-0.39, 0.29) is 17.9 Å². The van der Waals surface area contributed by atoms with Crippen molar-refractivity contribution in [1.29, 1.82) is 0 Å². The lowest BCUT2D eigenvalue weighted by Gasteiger charge is -2.41. The zero-order valence-electron chi connectivity index (χ0n) is 9.06. The number of carbonyl (C=O) groups excluding carboxylic acids is 1. The van der Waals surface area contributed by atoms with Crippen LogP contribution in [0.4, 0.5) is 0 Å². The predicted octanol–water partition coefficient (Wildman–Crippen LogP) is 0.868. The van der Waals surface area contributed by atoms with Crippen LogP contribution in [0.2, 0.25) is 0 Å². The number of carbonyl (C=O) groups is 2. The monoisotopic (exact) mass is 211 g/mol. The second-order valence-corrected chi connectivity index (χ2v) is 4.97. The van der Waals surface area contributed by atoms with Crippen molar-refractivity contribution in [2.45, 2.75) is 32.7 Å². The van der Waals surface area contributed by atoms with Gasteiger partial charge in [-0.15, -0.1) is 0 Å². The van der Waals surface area contributed by atoms with Crippen molar-refractivity contribution in [3.63, 3.8) is 0 Å². The van der Waals surface area contributed by atoms with Gasteiger partial charge in [0.2, 0.25) is 5.91 Å². The summed E-state index contributed by atoms with van der Waals surface area (Å²) in [6, 6.07) is 0.266. The van der Waals surface area contributed by atoms with E-state index >= 15 is 0 Å². The summed E-state index contributed by atoms with van der Waals surface area (Å²) in [5.41, 5.74) is 0. The van der Waals surface area contributed by atoms with Crippen molar-refractivity contribution < 1.29 is 14.7 Å². The SMILES string of the molecule is CC1CC(NC(=O)C2CC2C(=O)O)C1C. The van der Waals surface area contributed by atoms with Gasteiger partial charge in [-0.25, -0.2) is 0 Å². The lowest BCUT2D eigenvalue weighted by atomic mass is 9.71. The van der Waals surface area contributed by atoms with E-state index in [0.717, 1.165) is 6.42 Å². The highest BCUT2D eigenvalue weighted by atomic mass is 16.4. The Morgan fingerprint density at radius 1 is 1.20 bits per heavy atom. The van der Waals surface area contributed by atoms with Crippen LogP contribution in [0.5, 0.6) is 0 Å². The Labute approximate surface area is 89.0 Å². The van der Waals surface area contributed by atoms with Crippen LogP contribution in [-0.4, -0.2) is 23.0 Å². The van der Waals surface area contributed by atoms with E-state index in [4.69, 9.17) is 5.11 Å². The Morgan fingerprint density at radius 3 is 2.27 bits per heavy atom. The lowest BCUT2D eigenvalue weighted by Crippen LogP contribution is -2.50. The molecule has 4 heteroatoms. The molecule has 4 nitrogen and oxygen atoms in total. The topological polar surface area (TPSA) is 66.4 Å². The molecule has 0 aromatic heterocycles. The Bertz CT molecular complexity index is 302. The third-order valence-corrected chi connectivity index (χ3v) is 3.93. The Hall–Kier alpha value is -1.06. The fourth-order valence-corrected chi connectivity index (χ4v) is 2.27. The summed E-state index contributed by atoms with van der Waals surface area (Å²) < 4.78 is 0. The zero-order chi connectivity index (χ0) is 11.2. The summed E-state index contributed by atoms with van der Waals surface area (Å²) in [4.78, 5) is 22.2. The molecule has 2 aliphatic carbocycles. The molecular formula is C11H17NO3. The molecule has 2 fully saturated rings. The Kier molecular flexibility index (Phi) is 2.44. The molecule has 2 rings (SSSR count). The molecule has 2 N–H and O–H groups in total. The summed E-state index contributed by atoms with van der Waals surface area (Å²) in [6.07, 6.45) is 1.54. The highest BCUT2D eigenvalue weighted by Gasteiger charge is 2.49. The molecular weight excluding hydrogens is 194 g/mol. The van der Waals surface area contributed by atoms with Gasteiger partial charge in [-0.1, -0.05) is 13.8 Å². The molecule has 1 amide bonds. The van der Waals surface area contributed by atoms with E-state index in [1.165, 1.54) is 0 Å². The largest absolute Gasteiger partial charge is 0.481 e. The second-order valence-electron chi connectivity index (χ2n) is 4.97. The highest BCUT2D eigenvalue weighted by molar-refractivity contribution is 5.89. The fraction of sp³-hybridized carbons (Fsp3) is 0.818. The molecule has 0 radical (unpaired) electrons. The first kappa shape index (κ1) is 10.5. The first-order valence-corrected chi connectivity index (χ1v) is 5.54. The highest BCUT2D eigenvalue weighted by Crippen LogP contribution is 2.40. The van der Waals surface area contributed by atoms with Crippen LogP contribution < -0.4 is 5.32 Å². The van der Waals surface area contributed by atoms with E-state index in [1.807, 2.05) is 0 Å². The summed E-state index contributed by atoms with van der Waals surface area (Å²) in [7, 11) is 0. The predicted molar refractivity (Wildman–Crippen MR) is 54.1 cm³/mol. The first-order valence-electron chi connectivity index (χ1n) is 5.54. The lowest BCUT2D eigenvalue weighted by molar-refractivity contribution is -0.140. The average molecular weight is 211 g/mol. The van der Waals surface area contributed by atoms with Gasteiger partial charge in [0.25, 0.3) is 0 Å². The summed E-state index contributed by atoms with van der Waals surface area (Å²) in [6.45, 7) is 4.30. The van der Waals surface area contributed by atoms with E-state index in [2.05, 4.69) is 19.2 Å². The maximum Gasteiger partial charge on any atom is 0.307 e. The van der Waals surface area contributed by atoms with Gasteiger partial charge >= 0.3 is 5.97 Å². The number of carboxylic acid groups (broad SMARTS) is 1. The summed E-state index contributed by atoms with van der Waals surface area (Å²) in [5.74, 6) is -0.416. The third kappa shape index (κ3) is 1.85. The minimum atomic E-state index is -0.842. The van der Waals surface area contributed by atoms with Gasteiger partial charge in [0, 0.05) is 6.04 Å². The van der Waals surface area contributed by atoms with Crippen molar-refractivity contribution in [2.24, 2.45) is 23.7 Å². The van der Waals surface area contributed by atoms with Crippen LogP contribution in [0.15, 0.2) is 0 Å². The maximum atomic E-state index is 11.6. The van der Waals surface area contributed by atoms with E-state index in [9.17, 15) is 9.59 Å². The number of rotatable bonds is 3. The van der Waals surface area contributed by atoms with Crippen LogP contribution in [0.25, 0.3) is 0 Å². The van der Waals surface area contributed by atoms with Gasteiger partial charge in [0.05, 0.1) is 11.8 Å². The van der Waals surface area contributed by atoms with Crippen molar-refractivity contribution in [2.75, 3.05) is 0 Å². The minimum Gasteiger partial charge on any atom is -0.481 e. The minimum absolute atomic E-state index is 0.0637. The molecule has 15 heavy (non-hydrogen) atoms. The van der Waals surface area contributed by atoms with Crippen LogP contribution in [0.3, 0.4) is 0 Å². The van der Waals surface area contributed by atoms with Gasteiger partial charge in [-0.3, -0.25) is 9.59 Å². The van der Waals surface area contributed by atoms with Gasteiger partial charge in [-0.2, -0.15) is 0 Å². The number of hydrogen-bond acceptors (Lipinski definition) is 2. The van der Waals surface area contributed by atoms with Crippen LogP contribution >= 0.6 is 0 Å². The third-order valence-electron chi connectivity index (χ3n) is 3.93. The molecule has 0 bridgehead atoms. The normalized spacial score (nSPS) is 42.9. The molecule has 84 valence electrons. The maximum absolute atomic E-state index is 11.6. The summed E-state index contributed by atoms with van der Waals surface area (Å²) in [5, 5.41) is 11.6. The summed E-state index contributed by atoms with van der Waals surface area (Å²) >= 11 is 0.